The molecule has 1 aromatic carbocycles. The molecule has 94 valence electrons. The molecule has 0 bridgehead atoms. The first-order valence-electron chi connectivity index (χ1n) is 6.28. The highest BCUT2D eigenvalue weighted by atomic mass is 16.2. The minimum atomic E-state index is 0.142. The maximum absolute atomic E-state index is 11.9. The lowest BCUT2D eigenvalue weighted by atomic mass is 9.99. The van der Waals surface area contributed by atoms with Crippen molar-refractivity contribution in [2.75, 3.05) is 26.2 Å². The van der Waals surface area contributed by atoms with Gasteiger partial charge in [-0.1, -0.05) is 36.3 Å². The molecule has 1 saturated heterocycles. The molecule has 3 nitrogen and oxygen atoms in total. The Kier molecular flexibility index (Phi) is 4.38. The van der Waals surface area contributed by atoms with Gasteiger partial charge in [0, 0.05) is 19.0 Å². The van der Waals surface area contributed by atoms with Crippen LogP contribution in [0.2, 0.25) is 0 Å². The minimum Gasteiger partial charge on any atom is -0.341 e. The van der Waals surface area contributed by atoms with Crippen LogP contribution in [0.3, 0.4) is 0 Å². The maximum atomic E-state index is 11.9. The first-order chi connectivity index (χ1) is 8.81. The lowest BCUT2D eigenvalue weighted by Gasteiger charge is -2.16. The monoisotopic (exact) mass is 242 g/mol. The van der Waals surface area contributed by atoms with E-state index in [1.165, 1.54) is 5.56 Å². The molecule has 1 N–H and O–H groups in total. The van der Waals surface area contributed by atoms with E-state index in [0.29, 0.717) is 19.0 Å². The molecular formula is C15H18N2O. The van der Waals surface area contributed by atoms with Gasteiger partial charge in [-0.25, -0.2) is 0 Å². The van der Waals surface area contributed by atoms with Crippen molar-refractivity contribution in [3.8, 4) is 12.3 Å². The van der Waals surface area contributed by atoms with Crippen molar-refractivity contribution in [1.29, 1.82) is 0 Å². The Hall–Kier alpha value is -1.79. The Bertz CT molecular complexity index is 436. The molecule has 1 fully saturated rings. The van der Waals surface area contributed by atoms with Gasteiger partial charge in [0.15, 0.2) is 0 Å². The first kappa shape index (κ1) is 12.7. The summed E-state index contributed by atoms with van der Waals surface area (Å²) in [6, 6.07) is 10.4. The van der Waals surface area contributed by atoms with E-state index >= 15 is 0 Å². The Balaban J connectivity index is 1.85. The standard InChI is InChI=1S/C15H18N2O/c1-2-9-16-11-15(18)17-10-8-14(12-17)13-6-4-3-5-7-13/h1,3-7,14,16H,8-12H2. The largest absolute Gasteiger partial charge is 0.341 e. The average Bonchev–Trinajstić information content (AvgIpc) is 2.89. The van der Waals surface area contributed by atoms with Crippen molar-refractivity contribution < 1.29 is 4.79 Å². The molecular weight excluding hydrogens is 224 g/mol. The molecule has 0 saturated carbocycles. The fourth-order valence-electron chi connectivity index (χ4n) is 2.34. The summed E-state index contributed by atoms with van der Waals surface area (Å²) in [6.45, 7) is 2.45. The number of likely N-dealkylation sites (tertiary alicyclic amines) is 1. The van der Waals surface area contributed by atoms with Crippen LogP contribution in [0.15, 0.2) is 30.3 Å². The van der Waals surface area contributed by atoms with Crippen molar-refractivity contribution in [3.63, 3.8) is 0 Å². The molecule has 1 atom stereocenters. The van der Waals surface area contributed by atoms with E-state index in [-0.39, 0.29) is 5.91 Å². The molecule has 0 aliphatic carbocycles. The summed E-state index contributed by atoms with van der Waals surface area (Å²) < 4.78 is 0. The lowest BCUT2D eigenvalue weighted by Crippen LogP contribution is -2.36. The summed E-state index contributed by atoms with van der Waals surface area (Å²) in [6.07, 6.45) is 6.18. The number of carbonyl (C=O) groups is 1. The van der Waals surface area contributed by atoms with Gasteiger partial charge in [-0.3, -0.25) is 10.1 Å². The third-order valence-electron chi connectivity index (χ3n) is 3.32. The van der Waals surface area contributed by atoms with Crippen molar-refractivity contribution in [3.05, 3.63) is 35.9 Å². The van der Waals surface area contributed by atoms with E-state index < -0.39 is 0 Å². The molecule has 0 spiro atoms. The van der Waals surface area contributed by atoms with Gasteiger partial charge in [0.05, 0.1) is 13.1 Å². The molecule has 1 heterocycles. The van der Waals surface area contributed by atoms with Gasteiger partial charge in [-0.2, -0.15) is 0 Å². The fraction of sp³-hybridized carbons (Fsp3) is 0.400. The number of benzene rings is 1. The van der Waals surface area contributed by atoms with Crippen LogP contribution in [0.25, 0.3) is 0 Å². The molecule has 1 aromatic rings. The summed E-state index contributed by atoms with van der Waals surface area (Å²) in [4.78, 5) is 13.8. The summed E-state index contributed by atoms with van der Waals surface area (Å²) in [7, 11) is 0. The van der Waals surface area contributed by atoms with E-state index in [1.807, 2.05) is 23.1 Å². The predicted octanol–water partition coefficient (Wildman–Crippen LogP) is 1.23. The first-order valence-corrected chi connectivity index (χ1v) is 6.28. The number of hydrogen-bond acceptors (Lipinski definition) is 2. The van der Waals surface area contributed by atoms with Crippen LogP contribution in [0.5, 0.6) is 0 Å². The number of nitrogens with zero attached hydrogens (tertiary/aromatic N) is 1. The topological polar surface area (TPSA) is 32.3 Å². The summed E-state index contributed by atoms with van der Waals surface area (Å²) in [5.41, 5.74) is 1.32. The molecule has 1 aliphatic heterocycles. The Morgan fingerprint density at radius 3 is 2.94 bits per heavy atom. The van der Waals surface area contributed by atoms with Gasteiger partial charge in [0.1, 0.15) is 0 Å². The third kappa shape index (κ3) is 3.12. The summed E-state index contributed by atoms with van der Waals surface area (Å²) in [5, 5.41) is 2.94. The fourth-order valence-corrected chi connectivity index (χ4v) is 2.34. The van der Waals surface area contributed by atoms with Crippen LogP contribution in [-0.4, -0.2) is 37.0 Å². The molecule has 2 rings (SSSR count). The van der Waals surface area contributed by atoms with Crippen LogP contribution < -0.4 is 5.32 Å². The second kappa shape index (κ2) is 6.23. The van der Waals surface area contributed by atoms with Gasteiger partial charge in [-0.15, -0.1) is 6.42 Å². The number of hydrogen-bond donors (Lipinski definition) is 1. The molecule has 1 aliphatic rings. The van der Waals surface area contributed by atoms with Crippen molar-refractivity contribution in [2.24, 2.45) is 0 Å². The Labute approximate surface area is 108 Å². The van der Waals surface area contributed by atoms with Gasteiger partial charge < -0.3 is 4.90 Å². The SMILES string of the molecule is C#CCNCC(=O)N1CCC(c2ccccc2)C1. The normalized spacial score (nSPS) is 18.6. The molecule has 1 amide bonds. The lowest BCUT2D eigenvalue weighted by molar-refractivity contribution is -0.129. The highest BCUT2D eigenvalue weighted by molar-refractivity contribution is 5.78. The smallest absolute Gasteiger partial charge is 0.236 e. The van der Waals surface area contributed by atoms with Crippen LogP contribution >= 0.6 is 0 Å². The number of carbonyl (C=O) groups excluding carboxylic acids is 1. The van der Waals surface area contributed by atoms with Gasteiger partial charge >= 0.3 is 0 Å². The zero-order valence-corrected chi connectivity index (χ0v) is 10.4. The number of nitrogens with one attached hydrogen (secondary N) is 1. The van der Waals surface area contributed by atoms with Gasteiger partial charge in [-0.05, 0) is 12.0 Å². The van der Waals surface area contributed by atoms with E-state index in [1.54, 1.807) is 0 Å². The average molecular weight is 242 g/mol. The number of rotatable bonds is 4. The minimum absolute atomic E-state index is 0.142. The predicted molar refractivity (Wildman–Crippen MR) is 72.1 cm³/mol. The maximum Gasteiger partial charge on any atom is 0.236 e. The van der Waals surface area contributed by atoms with Crippen molar-refractivity contribution in [1.82, 2.24) is 10.2 Å². The second-order valence-corrected chi connectivity index (χ2v) is 4.54. The zero-order valence-electron chi connectivity index (χ0n) is 10.4. The molecule has 18 heavy (non-hydrogen) atoms. The zero-order chi connectivity index (χ0) is 12.8. The number of terminal acetylenes is 1. The molecule has 0 radical (unpaired) electrons. The van der Waals surface area contributed by atoms with E-state index in [4.69, 9.17) is 6.42 Å². The quantitative estimate of drug-likeness (QED) is 0.636. The highest BCUT2D eigenvalue weighted by Gasteiger charge is 2.26. The van der Waals surface area contributed by atoms with E-state index in [2.05, 4.69) is 23.4 Å². The van der Waals surface area contributed by atoms with E-state index in [0.717, 1.165) is 19.5 Å². The Morgan fingerprint density at radius 1 is 1.44 bits per heavy atom. The van der Waals surface area contributed by atoms with E-state index in [9.17, 15) is 4.79 Å². The highest BCUT2D eigenvalue weighted by Crippen LogP contribution is 2.26. The van der Waals surface area contributed by atoms with Crippen LogP contribution in [0, 0.1) is 12.3 Å². The van der Waals surface area contributed by atoms with Crippen molar-refractivity contribution in [2.45, 2.75) is 12.3 Å². The van der Waals surface area contributed by atoms with Crippen LogP contribution in [0.4, 0.5) is 0 Å². The second-order valence-electron chi connectivity index (χ2n) is 4.54. The number of amides is 1. The molecule has 0 aromatic heterocycles. The summed E-state index contributed by atoms with van der Waals surface area (Å²) in [5.74, 6) is 3.08. The molecule has 3 heteroatoms. The molecule has 1 unspecified atom stereocenters. The third-order valence-corrected chi connectivity index (χ3v) is 3.32. The van der Waals surface area contributed by atoms with Gasteiger partial charge in [0.2, 0.25) is 5.91 Å². The van der Waals surface area contributed by atoms with Crippen molar-refractivity contribution >= 4 is 5.91 Å². The van der Waals surface area contributed by atoms with Gasteiger partial charge in [0.25, 0.3) is 0 Å². The summed E-state index contributed by atoms with van der Waals surface area (Å²) >= 11 is 0. The van der Waals surface area contributed by atoms with Crippen LogP contribution in [0.1, 0.15) is 17.9 Å². The Morgan fingerprint density at radius 2 is 2.22 bits per heavy atom. The van der Waals surface area contributed by atoms with Crippen LogP contribution in [-0.2, 0) is 4.79 Å².